The number of aliphatic hydroxyl groups excluding tert-OH is 5. The lowest BCUT2D eigenvalue weighted by Gasteiger charge is -2.28. The van der Waals surface area contributed by atoms with Gasteiger partial charge in [-0.1, -0.05) is 36.7 Å². The summed E-state index contributed by atoms with van der Waals surface area (Å²) in [7, 11) is -3.94. The number of urea groups is 1. The van der Waals surface area contributed by atoms with Crippen LogP contribution in [0, 0.1) is 0 Å². The molecular weight excluding hydrogens is 744 g/mol. The number of hydrogen-bond acceptors (Lipinski definition) is 12. The summed E-state index contributed by atoms with van der Waals surface area (Å²) in [5, 5.41) is 52.9. The van der Waals surface area contributed by atoms with E-state index in [1.54, 1.807) is 19.2 Å². The van der Waals surface area contributed by atoms with Gasteiger partial charge in [-0.3, -0.25) is 4.98 Å². The van der Waals surface area contributed by atoms with Gasteiger partial charge in [0.1, 0.15) is 24.1 Å². The minimum atomic E-state index is -3.94. The molecule has 0 saturated heterocycles. The van der Waals surface area contributed by atoms with Crippen LogP contribution in [0.1, 0.15) is 43.7 Å². The zero-order valence-electron chi connectivity index (χ0n) is 30.0. The number of sulfonamides is 1. The molecule has 1 heterocycles. The summed E-state index contributed by atoms with van der Waals surface area (Å²) in [6.45, 7) is 0.460. The topological polar surface area (TPSA) is 220 Å². The third-order valence-electron chi connectivity index (χ3n) is 9.40. The van der Waals surface area contributed by atoms with E-state index in [1.165, 1.54) is 16.4 Å². The molecule has 7 N–H and O–H groups in total. The van der Waals surface area contributed by atoms with Gasteiger partial charge in [-0.2, -0.15) is 4.31 Å². The predicted molar refractivity (Wildman–Crippen MR) is 198 cm³/mol. The molecule has 2 saturated carbocycles. The summed E-state index contributed by atoms with van der Waals surface area (Å²) >= 11 is 6.57. The van der Waals surface area contributed by atoms with Crippen molar-refractivity contribution in [2.24, 2.45) is 0 Å². The van der Waals surface area contributed by atoms with Gasteiger partial charge in [0, 0.05) is 48.2 Å². The number of nitrogens with one attached hydrogen (secondary N) is 2. The first-order chi connectivity index (χ1) is 25.9. The Hall–Kier alpha value is -3.42. The second-order valence-corrected chi connectivity index (χ2v) is 15.6. The second kappa shape index (κ2) is 18.9. The lowest BCUT2D eigenvalue weighted by atomic mass is 9.96. The second-order valence-electron chi connectivity index (χ2n) is 13.3. The predicted octanol–water partition coefficient (Wildman–Crippen LogP) is 1.91. The van der Waals surface area contributed by atoms with E-state index in [0.717, 1.165) is 48.1 Å². The molecule has 0 spiro atoms. The number of para-hydroxylation sites is 1. The number of carbonyl (C=O) groups excluding carboxylic acids is 1. The molecule has 2 fully saturated rings. The van der Waals surface area contributed by atoms with Gasteiger partial charge in [0.15, 0.2) is 0 Å². The van der Waals surface area contributed by atoms with Gasteiger partial charge < -0.3 is 50.4 Å². The van der Waals surface area contributed by atoms with Crippen molar-refractivity contribution in [1.29, 1.82) is 0 Å². The van der Waals surface area contributed by atoms with E-state index >= 15 is 0 Å². The van der Waals surface area contributed by atoms with E-state index in [-0.39, 0.29) is 50.5 Å². The van der Waals surface area contributed by atoms with Crippen LogP contribution in [-0.2, 0) is 31.7 Å². The molecule has 0 aliphatic heterocycles. The highest BCUT2D eigenvalue weighted by molar-refractivity contribution is 7.89. The molecule has 0 unspecified atom stereocenters. The molecule has 15 nitrogen and oxygen atoms in total. The lowest BCUT2D eigenvalue weighted by Crippen LogP contribution is -2.56. The summed E-state index contributed by atoms with van der Waals surface area (Å²) < 4.78 is 47.0. The average Bonchev–Trinajstić information content (AvgIpc) is 4.13. The van der Waals surface area contributed by atoms with Crippen LogP contribution in [0.25, 0.3) is 11.1 Å². The van der Waals surface area contributed by atoms with Gasteiger partial charge in [0.25, 0.3) is 0 Å². The highest BCUT2D eigenvalue weighted by atomic mass is 35.5. The van der Waals surface area contributed by atoms with Crippen molar-refractivity contribution in [3.05, 3.63) is 77.1 Å². The van der Waals surface area contributed by atoms with Crippen molar-refractivity contribution < 1.29 is 53.0 Å². The standard InChI is InChI=1S/C37H49ClN4O11S/c1-2-42(16-18-51-17-15-40-36(48)41-31(21-43)34(46)35(47)32(45)22-44)54(49,50)26-9-10-30(38)24(19-26)23-52-37(12-13-37)29-20-39-14-11-27(29)28-5-3-4-6-33(28)53-25-7-8-25/h3-6,9-11,14,19-20,25,31-32,34-35,43-47H,2,7-8,12-13,15-18,21-23H2,1H3,(H2,40,41,48)/t31-,32+,34+,35+/m0/s1. The van der Waals surface area contributed by atoms with Crippen LogP contribution in [-0.4, -0.2) is 126 Å². The Morgan fingerprint density at radius 1 is 1.04 bits per heavy atom. The number of ether oxygens (including phenoxy) is 3. The van der Waals surface area contributed by atoms with Crippen LogP contribution in [0.2, 0.25) is 5.02 Å². The van der Waals surface area contributed by atoms with E-state index in [9.17, 15) is 33.6 Å². The number of pyridine rings is 1. The summed E-state index contributed by atoms with van der Waals surface area (Å²) in [4.78, 5) is 16.7. The first kappa shape index (κ1) is 41.7. The minimum Gasteiger partial charge on any atom is -0.490 e. The Labute approximate surface area is 319 Å². The molecule has 54 heavy (non-hydrogen) atoms. The van der Waals surface area contributed by atoms with Crippen molar-refractivity contribution in [3.63, 3.8) is 0 Å². The molecule has 4 atom stereocenters. The number of aromatic nitrogens is 1. The van der Waals surface area contributed by atoms with Gasteiger partial charge in [0.05, 0.1) is 55.7 Å². The first-order valence-corrected chi connectivity index (χ1v) is 19.8. The molecule has 2 aromatic carbocycles. The van der Waals surface area contributed by atoms with Gasteiger partial charge in [-0.25, -0.2) is 13.2 Å². The van der Waals surface area contributed by atoms with Gasteiger partial charge in [0.2, 0.25) is 10.0 Å². The molecule has 2 aliphatic rings. The largest absolute Gasteiger partial charge is 0.490 e. The Morgan fingerprint density at radius 2 is 1.80 bits per heavy atom. The van der Waals surface area contributed by atoms with Crippen LogP contribution in [0.4, 0.5) is 4.79 Å². The zero-order chi connectivity index (χ0) is 38.9. The third-order valence-corrected chi connectivity index (χ3v) is 11.7. The molecule has 1 aromatic heterocycles. The third kappa shape index (κ3) is 10.5. The van der Waals surface area contributed by atoms with Crippen molar-refractivity contribution >= 4 is 27.7 Å². The highest BCUT2D eigenvalue weighted by Gasteiger charge is 2.48. The number of hydrogen-bond donors (Lipinski definition) is 7. The number of amides is 2. The van der Waals surface area contributed by atoms with Crippen LogP contribution in [0.5, 0.6) is 5.75 Å². The number of likely N-dealkylation sites (N-methyl/N-ethyl adjacent to an activating group) is 1. The monoisotopic (exact) mass is 792 g/mol. The van der Waals surface area contributed by atoms with Crippen molar-refractivity contribution in [2.75, 3.05) is 46.1 Å². The van der Waals surface area contributed by atoms with Crippen LogP contribution in [0.3, 0.4) is 0 Å². The molecule has 0 radical (unpaired) electrons. The SMILES string of the molecule is CCN(CCOCCNC(=O)N[C@@H](CO)[C@@H](O)[C@H](O)[C@H](O)CO)S(=O)(=O)c1ccc(Cl)c(COC2(c3cnccc3-c3ccccc3OC3CC3)CC2)c1. The minimum absolute atomic E-state index is 0.00407. The van der Waals surface area contributed by atoms with Crippen molar-refractivity contribution in [2.45, 2.75) is 80.2 Å². The molecule has 17 heteroatoms. The summed E-state index contributed by atoms with van der Waals surface area (Å²) in [5.41, 5.74) is 2.80. The highest BCUT2D eigenvalue weighted by Crippen LogP contribution is 2.53. The first-order valence-electron chi connectivity index (χ1n) is 17.9. The average molecular weight is 793 g/mol. The van der Waals surface area contributed by atoms with Crippen molar-refractivity contribution in [1.82, 2.24) is 19.9 Å². The fraction of sp³-hybridized carbons (Fsp3) is 0.514. The smallest absolute Gasteiger partial charge is 0.315 e. The van der Waals surface area contributed by atoms with Crippen molar-refractivity contribution in [3.8, 4) is 16.9 Å². The number of benzene rings is 2. The number of nitrogens with zero attached hydrogens (tertiary/aromatic N) is 2. The van der Waals surface area contributed by atoms with Gasteiger partial charge in [-0.05, 0) is 67.1 Å². The lowest BCUT2D eigenvalue weighted by molar-refractivity contribution is -0.0902. The normalized spacial score (nSPS) is 17.4. The number of aliphatic hydroxyl groups is 5. The van der Waals surface area contributed by atoms with E-state index in [0.29, 0.717) is 10.6 Å². The van der Waals surface area contributed by atoms with Gasteiger partial charge in [-0.15, -0.1) is 0 Å². The molecule has 5 rings (SSSR count). The Kier molecular flexibility index (Phi) is 14.6. The van der Waals surface area contributed by atoms with Crippen LogP contribution in [0.15, 0.2) is 65.8 Å². The molecule has 0 bridgehead atoms. The summed E-state index contributed by atoms with van der Waals surface area (Å²) in [6, 6.07) is 12.3. The van der Waals surface area contributed by atoms with Crippen LogP contribution < -0.4 is 15.4 Å². The quantitative estimate of drug-likeness (QED) is 0.0726. The molecule has 3 aromatic rings. The van der Waals surface area contributed by atoms with E-state index in [2.05, 4.69) is 15.6 Å². The maximum absolute atomic E-state index is 13.7. The van der Waals surface area contributed by atoms with E-state index < -0.39 is 59.2 Å². The van der Waals surface area contributed by atoms with E-state index in [4.69, 9.17) is 30.9 Å². The molecule has 296 valence electrons. The fourth-order valence-corrected chi connectivity index (χ4v) is 7.58. The van der Waals surface area contributed by atoms with Crippen LogP contribution >= 0.6 is 11.6 Å². The maximum atomic E-state index is 13.7. The summed E-state index contributed by atoms with van der Waals surface area (Å²) in [6.07, 6.45) is 2.22. The van der Waals surface area contributed by atoms with E-state index in [1.807, 2.05) is 36.5 Å². The molecule has 2 aliphatic carbocycles. The Morgan fingerprint density at radius 3 is 2.48 bits per heavy atom. The Bertz CT molecular complexity index is 1810. The summed E-state index contributed by atoms with van der Waals surface area (Å²) in [5.74, 6) is 0.819. The van der Waals surface area contributed by atoms with Gasteiger partial charge >= 0.3 is 6.03 Å². The Balaban J connectivity index is 1.14. The fourth-order valence-electron chi connectivity index (χ4n) is 5.93. The number of carbonyl (C=O) groups is 1. The molecular formula is C37H49ClN4O11S. The number of halogens is 1. The molecule has 2 amide bonds. The zero-order valence-corrected chi connectivity index (χ0v) is 31.6. The number of rotatable bonds is 22. The maximum Gasteiger partial charge on any atom is 0.315 e.